The highest BCUT2D eigenvalue weighted by molar-refractivity contribution is 5.88. The van der Waals surface area contributed by atoms with Gasteiger partial charge in [-0.2, -0.15) is 0 Å². The zero-order valence-corrected chi connectivity index (χ0v) is 10.9. The number of benzene rings is 1. The molecule has 1 heterocycles. The second-order valence-corrected chi connectivity index (χ2v) is 3.18. The fourth-order valence-corrected chi connectivity index (χ4v) is 1.56. The SMILES string of the molecule is CC.COc1cc(OC)c2c(C)ncnc2c1. The maximum absolute atomic E-state index is 5.29. The van der Waals surface area contributed by atoms with E-state index in [0.29, 0.717) is 0 Å². The molecule has 2 rings (SSSR count). The van der Waals surface area contributed by atoms with Gasteiger partial charge in [0.2, 0.25) is 0 Å². The van der Waals surface area contributed by atoms with Crippen molar-refractivity contribution in [3.63, 3.8) is 0 Å². The van der Waals surface area contributed by atoms with Gasteiger partial charge in [0.05, 0.1) is 30.8 Å². The third-order valence-corrected chi connectivity index (χ3v) is 2.32. The van der Waals surface area contributed by atoms with E-state index in [1.807, 2.05) is 32.9 Å². The number of ether oxygens (including phenoxy) is 2. The van der Waals surface area contributed by atoms with Gasteiger partial charge < -0.3 is 9.47 Å². The molecule has 0 radical (unpaired) electrons. The summed E-state index contributed by atoms with van der Waals surface area (Å²) < 4.78 is 10.5. The van der Waals surface area contributed by atoms with Gasteiger partial charge in [0.1, 0.15) is 17.8 Å². The molecular formula is C13H18N2O2. The van der Waals surface area contributed by atoms with Crippen LogP contribution in [0.15, 0.2) is 18.5 Å². The van der Waals surface area contributed by atoms with Crippen LogP contribution < -0.4 is 9.47 Å². The van der Waals surface area contributed by atoms with Crippen molar-refractivity contribution in [2.45, 2.75) is 20.8 Å². The second-order valence-electron chi connectivity index (χ2n) is 3.18. The molecule has 0 aliphatic heterocycles. The predicted molar refractivity (Wildman–Crippen MR) is 68.7 cm³/mol. The number of aromatic nitrogens is 2. The van der Waals surface area contributed by atoms with Crippen LogP contribution in [0.4, 0.5) is 0 Å². The largest absolute Gasteiger partial charge is 0.497 e. The second kappa shape index (κ2) is 6.03. The smallest absolute Gasteiger partial charge is 0.133 e. The van der Waals surface area contributed by atoms with Crippen LogP contribution in [0.3, 0.4) is 0 Å². The van der Waals surface area contributed by atoms with Gasteiger partial charge in [-0.05, 0) is 6.92 Å². The summed E-state index contributed by atoms with van der Waals surface area (Å²) in [6.45, 7) is 5.93. The Balaban J connectivity index is 0.000000686. The first kappa shape index (κ1) is 13.2. The molecule has 0 atom stereocenters. The van der Waals surface area contributed by atoms with E-state index in [9.17, 15) is 0 Å². The Bertz CT molecular complexity index is 498. The van der Waals surface area contributed by atoms with E-state index in [4.69, 9.17) is 9.47 Å². The van der Waals surface area contributed by atoms with Gasteiger partial charge in [0, 0.05) is 12.1 Å². The molecule has 2 aromatic rings. The summed E-state index contributed by atoms with van der Waals surface area (Å²) in [6, 6.07) is 3.70. The van der Waals surface area contributed by atoms with Crippen LogP contribution in [0.25, 0.3) is 10.9 Å². The van der Waals surface area contributed by atoms with Gasteiger partial charge in [-0.3, -0.25) is 0 Å². The topological polar surface area (TPSA) is 44.2 Å². The van der Waals surface area contributed by atoms with Crippen molar-refractivity contribution in [3.05, 3.63) is 24.2 Å². The molecule has 0 amide bonds. The molecule has 0 aliphatic rings. The van der Waals surface area contributed by atoms with Crippen LogP contribution in [-0.2, 0) is 0 Å². The molecule has 0 saturated heterocycles. The van der Waals surface area contributed by atoms with E-state index in [1.165, 1.54) is 6.33 Å². The molecule has 0 bridgehead atoms. The number of methoxy groups -OCH3 is 2. The predicted octanol–water partition coefficient (Wildman–Crippen LogP) is 2.98. The fraction of sp³-hybridized carbons (Fsp3) is 0.385. The van der Waals surface area contributed by atoms with Crippen molar-refractivity contribution in [1.29, 1.82) is 0 Å². The van der Waals surface area contributed by atoms with Gasteiger partial charge in [-0.15, -0.1) is 0 Å². The first-order chi connectivity index (χ1) is 8.26. The molecule has 1 aromatic carbocycles. The monoisotopic (exact) mass is 234 g/mol. The van der Waals surface area contributed by atoms with Crippen LogP contribution in [0.2, 0.25) is 0 Å². The standard InChI is InChI=1S/C11H12N2O2.C2H6/c1-7-11-9(13-6-12-7)4-8(14-2)5-10(11)15-3;1-2/h4-6H,1-3H3;1-2H3. The van der Waals surface area contributed by atoms with Crippen molar-refractivity contribution in [3.8, 4) is 11.5 Å². The lowest BCUT2D eigenvalue weighted by molar-refractivity contribution is 0.397. The van der Waals surface area contributed by atoms with Gasteiger partial charge in [-0.25, -0.2) is 9.97 Å². The van der Waals surface area contributed by atoms with Crippen molar-refractivity contribution in [2.24, 2.45) is 0 Å². The third kappa shape index (κ3) is 2.64. The maximum atomic E-state index is 5.29. The summed E-state index contributed by atoms with van der Waals surface area (Å²) in [5.41, 5.74) is 1.73. The Labute approximate surface area is 102 Å². The average molecular weight is 234 g/mol. The van der Waals surface area contributed by atoms with Crippen molar-refractivity contribution in [1.82, 2.24) is 9.97 Å². The highest BCUT2D eigenvalue weighted by Crippen LogP contribution is 2.30. The lowest BCUT2D eigenvalue weighted by Gasteiger charge is -2.09. The normalized spacial score (nSPS) is 9.47. The molecule has 92 valence electrons. The number of aryl methyl sites for hydroxylation is 1. The Morgan fingerprint density at radius 3 is 2.29 bits per heavy atom. The van der Waals surface area contributed by atoms with E-state index >= 15 is 0 Å². The highest BCUT2D eigenvalue weighted by Gasteiger charge is 2.08. The summed E-state index contributed by atoms with van der Waals surface area (Å²) in [5, 5.41) is 0.931. The molecular weight excluding hydrogens is 216 g/mol. The first-order valence-electron chi connectivity index (χ1n) is 5.59. The minimum absolute atomic E-state index is 0.734. The highest BCUT2D eigenvalue weighted by atomic mass is 16.5. The zero-order chi connectivity index (χ0) is 12.8. The first-order valence-corrected chi connectivity index (χ1v) is 5.59. The number of rotatable bonds is 2. The van der Waals surface area contributed by atoms with Crippen molar-refractivity contribution in [2.75, 3.05) is 14.2 Å². The van der Waals surface area contributed by atoms with Gasteiger partial charge in [0.25, 0.3) is 0 Å². The minimum atomic E-state index is 0.734. The lowest BCUT2D eigenvalue weighted by atomic mass is 10.1. The number of hydrogen-bond acceptors (Lipinski definition) is 4. The van der Waals surface area contributed by atoms with Crippen LogP contribution in [-0.4, -0.2) is 24.2 Å². The van der Waals surface area contributed by atoms with E-state index in [1.54, 1.807) is 14.2 Å². The van der Waals surface area contributed by atoms with Crippen molar-refractivity contribution >= 4 is 10.9 Å². The quantitative estimate of drug-likeness (QED) is 0.801. The molecule has 0 N–H and O–H groups in total. The molecule has 0 unspecified atom stereocenters. The minimum Gasteiger partial charge on any atom is -0.497 e. The fourth-order valence-electron chi connectivity index (χ4n) is 1.56. The summed E-state index contributed by atoms with van der Waals surface area (Å²) in [6.07, 6.45) is 1.54. The molecule has 1 aromatic heterocycles. The number of hydrogen-bond donors (Lipinski definition) is 0. The zero-order valence-electron chi connectivity index (χ0n) is 10.9. The Morgan fingerprint density at radius 1 is 1.00 bits per heavy atom. The Hall–Kier alpha value is -1.84. The van der Waals surface area contributed by atoms with Gasteiger partial charge >= 0.3 is 0 Å². The third-order valence-electron chi connectivity index (χ3n) is 2.32. The summed E-state index contributed by atoms with van der Waals surface area (Å²) >= 11 is 0. The maximum Gasteiger partial charge on any atom is 0.133 e. The molecule has 0 spiro atoms. The van der Waals surface area contributed by atoms with E-state index in [0.717, 1.165) is 28.1 Å². The molecule has 4 heteroatoms. The van der Waals surface area contributed by atoms with Crippen LogP contribution in [0.5, 0.6) is 11.5 Å². The molecule has 4 nitrogen and oxygen atoms in total. The number of nitrogens with zero attached hydrogens (tertiary/aromatic N) is 2. The molecule has 0 aliphatic carbocycles. The summed E-state index contributed by atoms with van der Waals surface area (Å²) in [5.74, 6) is 1.47. The van der Waals surface area contributed by atoms with E-state index in [2.05, 4.69) is 9.97 Å². The summed E-state index contributed by atoms with van der Waals surface area (Å²) in [4.78, 5) is 8.33. The van der Waals surface area contributed by atoms with Crippen LogP contribution in [0, 0.1) is 6.92 Å². The average Bonchev–Trinajstić information content (AvgIpc) is 2.40. The molecule has 17 heavy (non-hydrogen) atoms. The molecule has 0 fully saturated rings. The van der Waals surface area contributed by atoms with Crippen LogP contribution in [0.1, 0.15) is 19.5 Å². The van der Waals surface area contributed by atoms with Gasteiger partial charge in [-0.1, -0.05) is 13.8 Å². The van der Waals surface area contributed by atoms with Crippen LogP contribution >= 0.6 is 0 Å². The number of fused-ring (bicyclic) bond motifs is 1. The summed E-state index contributed by atoms with van der Waals surface area (Å²) in [7, 11) is 3.25. The van der Waals surface area contributed by atoms with E-state index < -0.39 is 0 Å². The van der Waals surface area contributed by atoms with Crippen molar-refractivity contribution < 1.29 is 9.47 Å². The van der Waals surface area contributed by atoms with E-state index in [-0.39, 0.29) is 0 Å². The Kier molecular flexibility index (Phi) is 4.69. The lowest BCUT2D eigenvalue weighted by Crippen LogP contribution is -1.93. The Morgan fingerprint density at radius 2 is 1.71 bits per heavy atom. The molecule has 0 saturated carbocycles. The van der Waals surface area contributed by atoms with Gasteiger partial charge in [0.15, 0.2) is 0 Å².